The van der Waals surface area contributed by atoms with Crippen LogP contribution in [0.25, 0.3) is 11.3 Å². The second-order valence-corrected chi connectivity index (χ2v) is 7.59. The number of aryl methyl sites for hydroxylation is 2. The lowest BCUT2D eigenvalue weighted by Crippen LogP contribution is -2.38. The van der Waals surface area contributed by atoms with Gasteiger partial charge in [0.1, 0.15) is 11.6 Å². The number of hydrogen-bond donors (Lipinski definition) is 1. The van der Waals surface area contributed by atoms with Gasteiger partial charge in [-0.15, -0.1) is 0 Å². The van der Waals surface area contributed by atoms with Crippen molar-refractivity contribution in [1.29, 1.82) is 0 Å². The van der Waals surface area contributed by atoms with Crippen LogP contribution in [0.4, 0.5) is 14.5 Å². The van der Waals surface area contributed by atoms with Gasteiger partial charge in [-0.3, -0.25) is 9.59 Å². The molecule has 1 aromatic heterocycles. The minimum absolute atomic E-state index is 0.0587. The van der Waals surface area contributed by atoms with E-state index in [-0.39, 0.29) is 48.4 Å². The molecule has 0 radical (unpaired) electrons. The maximum Gasteiger partial charge on any atom is 0.244 e. The minimum Gasteiger partial charge on any atom is -0.441 e. The highest BCUT2D eigenvalue weighted by atomic mass is 35.5. The molecule has 0 spiro atoms. The SMILES string of the molecule is CCN(CC(=O)Nc1cc(Cl)ccc1C)C(=O)CCc1ncc(-c2ccc(F)cc2F)o1. The molecule has 32 heavy (non-hydrogen) atoms. The van der Waals surface area contributed by atoms with E-state index < -0.39 is 11.6 Å². The second-order valence-electron chi connectivity index (χ2n) is 7.16. The number of hydrogen-bond acceptors (Lipinski definition) is 4. The van der Waals surface area contributed by atoms with Crippen LogP contribution < -0.4 is 5.32 Å². The summed E-state index contributed by atoms with van der Waals surface area (Å²) in [5.41, 5.74) is 1.53. The fourth-order valence-electron chi connectivity index (χ4n) is 3.08. The molecule has 2 amide bonds. The zero-order valence-corrected chi connectivity index (χ0v) is 18.4. The van der Waals surface area contributed by atoms with Gasteiger partial charge in [0.2, 0.25) is 11.8 Å². The molecule has 0 saturated carbocycles. The maximum atomic E-state index is 13.9. The first-order chi connectivity index (χ1) is 15.3. The molecule has 6 nitrogen and oxygen atoms in total. The molecule has 0 saturated heterocycles. The van der Waals surface area contributed by atoms with Gasteiger partial charge in [0.15, 0.2) is 11.7 Å². The van der Waals surface area contributed by atoms with Gasteiger partial charge in [-0.05, 0) is 43.7 Å². The summed E-state index contributed by atoms with van der Waals surface area (Å²) in [5.74, 6) is -1.65. The second kappa shape index (κ2) is 10.4. The molecule has 168 valence electrons. The van der Waals surface area contributed by atoms with Crippen molar-refractivity contribution in [2.45, 2.75) is 26.7 Å². The lowest BCUT2D eigenvalue weighted by molar-refractivity contribution is -0.134. The zero-order chi connectivity index (χ0) is 23.3. The van der Waals surface area contributed by atoms with Gasteiger partial charge in [0.05, 0.1) is 18.3 Å². The number of anilines is 1. The number of halogens is 3. The molecule has 0 bridgehead atoms. The van der Waals surface area contributed by atoms with Crippen molar-refractivity contribution >= 4 is 29.1 Å². The lowest BCUT2D eigenvalue weighted by atomic mass is 10.2. The highest BCUT2D eigenvalue weighted by Crippen LogP contribution is 2.25. The smallest absolute Gasteiger partial charge is 0.244 e. The highest BCUT2D eigenvalue weighted by Gasteiger charge is 2.18. The summed E-state index contributed by atoms with van der Waals surface area (Å²) in [6, 6.07) is 8.32. The highest BCUT2D eigenvalue weighted by molar-refractivity contribution is 6.31. The molecule has 2 aromatic carbocycles. The Bertz CT molecular complexity index is 1130. The van der Waals surface area contributed by atoms with Gasteiger partial charge in [-0.25, -0.2) is 13.8 Å². The summed E-state index contributed by atoms with van der Waals surface area (Å²) in [4.78, 5) is 30.5. The number of oxazole rings is 1. The number of nitrogens with one attached hydrogen (secondary N) is 1. The Labute approximate surface area is 189 Å². The molecule has 0 atom stereocenters. The first-order valence-corrected chi connectivity index (χ1v) is 10.4. The molecule has 0 aliphatic rings. The van der Waals surface area contributed by atoms with Crippen molar-refractivity contribution in [1.82, 2.24) is 9.88 Å². The molecule has 1 heterocycles. The Hall–Kier alpha value is -3.26. The van der Waals surface area contributed by atoms with Crippen LogP contribution in [-0.4, -0.2) is 34.8 Å². The molecular formula is C23H22ClF2N3O3. The summed E-state index contributed by atoms with van der Waals surface area (Å²) in [6.07, 6.45) is 1.56. The van der Waals surface area contributed by atoms with Crippen LogP contribution in [0.3, 0.4) is 0 Å². The zero-order valence-electron chi connectivity index (χ0n) is 17.6. The van der Waals surface area contributed by atoms with E-state index in [1.54, 1.807) is 25.1 Å². The normalized spacial score (nSPS) is 10.8. The van der Waals surface area contributed by atoms with E-state index in [1.165, 1.54) is 17.2 Å². The Balaban J connectivity index is 1.57. The largest absolute Gasteiger partial charge is 0.441 e. The fraction of sp³-hybridized carbons (Fsp3) is 0.261. The molecule has 3 aromatic rings. The lowest BCUT2D eigenvalue weighted by Gasteiger charge is -2.20. The van der Waals surface area contributed by atoms with Crippen molar-refractivity contribution in [3.05, 3.63) is 70.7 Å². The molecule has 0 unspecified atom stereocenters. The van der Waals surface area contributed by atoms with Crippen LogP contribution >= 0.6 is 11.6 Å². The standard InChI is InChI=1S/C23H22ClF2N3O3/c1-3-29(13-21(30)28-19-10-15(24)5-4-14(19)2)23(31)9-8-22-27-12-20(32-22)17-7-6-16(25)11-18(17)26/h4-7,10-12H,3,8-9,13H2,1-2H3,(H,28,30). The topological polar surface area (TPSA) is 75.4 Å². The van der Waals surface area contributed by atoms with Crippen molar-refractivity contribution in [3.8, 4) is 11.3 Å². The summed E-state index contributed by atoms with van der Waals surface area (Å²) < 4.78 is 32.5. The van der Waals surface area contributed by atoms with Crippen LogP contribution in [0.2, 0.25) is 5.02 Å². The predicted molar refractivity (Wildman–Crippen MR) is 117 cm³/mol. The third kappa shape index (κ3) is 5.91. The summed E-state index contributed by atoms with van der Waals surface area (Å²) in [7, 11) is 0. The molecule has 0 fully saturated rings. The quantitative estimate of drug-likeness (QED) is 0.512. The average molecular weight is 462 g/mol. The summed E-state index contributed by atoms with van der Waals surface area (Å²) >= 11 is 5.97. The third-order valence-corrected chi connectivity index (χ3v) is 5.08. The van der Waals surface area contributed by atoms with E-state index in [4.69, 9.17) is 16.0 Å². The first-order valence-electron chi connectivity index (χ1n) is 10.0. The Morgan fingerprint density at radius 3 is 2.69 bits per heavy atom. The number of carbonyl (C=O) groups is 2. The third-order valence-electron chi connectivity index (χ3n) is 4.85. The van der Waals surface area contributed by atoms with Gasteiger partial charge in [0.25, 0.3) is 0 Å². The monoisotopic (exact) mass is 461 g/mol. The number of nitrogens with zero attached hydrogens (tertiary/aromatic N) is 2. The number of carbonyl (C=O) groups excluding carboxylic acids is 2. The van der Waals surface area contributed by atoms with Gasteiger partial charge in [0, 0.05) is 36.2 Å². The van der Waals surface area contributed by atoms with Crippen molar-refractivity contribution < 1.29 is 22.8 Å². The molecule has 9 heteroatoms. The summed E-state index contributed by atoms with van der Waals surface area (Å²) in [5, 5.41) is 3.27. The van der Waals surface area contributed by atoms with Crippen molar-refractivity contribution in [2.75, 3.05) is 18.4 Å². The van der Waals surface area contributed by atoms with E-state index in [0.29, 0.717) is 17.3 Å². The maximum absolute atomic E-state index is 13.9. The minimum atomic E-state index is -0.762. The Kier molecular flexibility index (Phi) is 7.58. The van der Waals surface area contributed by atoms with E-state index in [0.717, 1.165) is 17.7 Å². The van der Waals surface area contributed by atoms with Crippen molar-refractivity contribution in [2.24, 2.45) is 0 Å². The number of aromatic nitrogens is 1. The first kappa shape index (κ1) is 23.4. The molecule has 0 aliphatic carbocycles. The molecular weight excluding hydrogens is 440 g/mol. The van der Waals surface area contributed by atoms with Gasteiger partial charge < -0.3 is 14.6 Å². The van der Waals surface area contributed by atoms with Gasteiger partial charge >= 0.3 is 0 Å². The number of benzene rings is 2. The molecule has 1 N–H and O–H groups in total. The van der Waals surface area contributed by atoms with E-state index in [1.807, 2.05) is 6.92 Å². The number of amides is 2. The van der Waals surface area contributed by atoms with Crippen LogP contribution in [-0.2, 0) is 16.0 Å². The van der Waals surface area contributed by atoms with Crippen LogP contribution in [0.1, 0.15) is 24.8 Å². The Morgan fingerprint density at radius 2 is 1.97 bits per heavy atom. The van der Waals surface area contributed by atoms with Gasteiger partial charge in [-0.1, -0.05) is 17.7 Å². The van der Waals surface area contributed by atoms with Gasteiger partial charge in [-0.2, -0.15) is 0 Å². The average Bonchev–Trinajstić information content (AvgIpc) is 3.21. The van der Waals surface area contributed by atoms with E-state index in [2.05, 4.69) is 10.3 Å². The molecule has 0 aliphatic heterocycles. The van der Waals surface area contributed by atoms with Crippen LogP contribution in [0.15, 0.2) is 47.0 Å². The summed E-state index contributed by atoms with van der Waals surface area (Å²) in [6.45, 7) is 3.85. The fourth-order valence-corrected chi connectivity index (χ4v) is 3.25. The van der Waals surface area contributed by atoms with Crippen LogP contribution in [0.5, 0.6) is 0 Å². The Morgan fingerprint density at radius 1 is 1.19 bits per heavy atom. The van der Waals surface area contributed by atoms with Crippen molar-refractivity contribution in [3.63, 3.8) is 0 Å². The van der Waals surface area contributed by atoms with E-state index in [9.17, 15) is 18.4 Å². The van der Waals surface area contributed by atoms with Crippen LogP contribution in [0, 0.1) is 18.6 Å². The molecule has 3 rings (SSSR count). The van der Waals surface area contributed by atoms with E-state index >= 15 is 0 Å². The number of rotatable bonds is 8. The predicted octanol–water partition coefficient (Wildman–Crippen LogP) is 5.00. The number of likely N-dealkylation sites (N-methyl/N-ethyl adjacent to an activating group) is 1.